The van der Waals surface area contributed by atoms with Gasteiger partial charge in [0.2, 0.25) is 0 Å². The molecule has 0 aliphatic carbocycles. The lowest BCUT2D eigenvalue weighted by Crippen LogP contribution is -2.12. The number of rotatable bonds is 4. The highest BCUT2D eigenvalue weighted by Crippen LogP contribution is 2.25. The molecule has 1 heterocycles. The molecule has 19 heavy (non-hydrogen) atoms. The van der Waals surface area contributed by atoms with Crippen molar-refractivity contribution in [2.45, 2.75) is 4.90 Å². The Morgan fingerprint density at radius 3 is 2.74 bits per heavy atom. The molecule has 0 bridgehead atoms. The molecule has 7 nitrogen and oxygen atoms in total. The quantitative estimate of drug-likeness (QED) is 0.808. The van der Waals surface area contributed by atoms with Gasteiger partial charge in [0, 0.05) is 19.3 Å². The second-order valence-corrected chi connectivity index (χ2v) is 5.59. The number of aryl methyl sites for hydroxylation is 1. The molecule has 3 N–H and O–H groups in total. The van der Waals surface area contributed by atoms with Gasteiger partial charge >= 0.3 is 0 Å². The van der Waals surface area contributed by atoms with E-state index in [-0.39, 0.29) is 4.90 Å². The van der Waals surface area contributed by atoms with Gasteiger partial charge in [-0.1, -0.05) is 0 Å². The maximum absolute atomic E-state index is 12.1. The van der Waals surface area contributed by atoms with E-state index in [1.165, 1.54) is 36.2 Å². The van der Waals surface area contributed by atoms with Gasteiger partial charge in [-0.05, 0) is 12.1 Å². The maximum Gasteiger partial charge on any atom is 0.262 e. The molecule has 0 aliphatic rings. The summed E-state index contributed by atoms with van der Waals surface area (Å²) in [5.74, 6) is 0.314. The number of nitrogens with zero attached hydrogens (tertiary/aromatic N) is 2. The minimum atomic E-state index is -3.69. The van der Waals surface area contributed by atoms with Crippen LogP contribution in [0.4, 0.5) is 11.4 Å². The van der Waals surface area contributed by atoms with Crippen LogP contribution < -0.4 is 15.2 Å². The first-order valence-corrected chi connectivity index (χ1v) is 6.85. The lowest BCUT2D eigenvalue weighted by molar-refractivity contribution is 0.415. The number of aromatic nitrogens is 2. The number of nitrogens with two attached hydrogens (primary N) is 1. The highest BCUT2D eigenvalue weighted by atomic mass is 32.2. The number of methoxy groups -OCH3 is 1. The molecule has 8 heteroatoms. The molecule has 0 amide bonds. The Labute approximate surface area is 111 Å². The van der Waals surface area contributed by atoms with Crippen LogP contribution in [0.5, 0.6) is 5.75 Å². The normalized spacial score (nSPS) is 11.3. The van der Waals surface area contributed by atoms with Crippen LogP contribution in [0.25, 0.3) is 0 Å². The number of anilines is 2. The Morgan fingerprint density at radius 2 is 2.16 bits per heavy atom. The average molecular weight is 282 g/mol. The second-order valence-electron chi connectivity index (χ2n) is 3.91. The molecule has 0 spiro atoms. The van der Waals surface area contributed by atoms with Crippen LogP contribution in [0.3, 0.4) is 0 Å². The van der Waals surface area contributed by atoms with Crippen molar-refractivity contribution in [3.63, 3.8) is 0 Å². The first-order valence-electron chi connectivity index (χ1n) is 5.37. The maximum atomic E-state index is 12.1. The number of nitrogen functional groups attached to an aromatic ring is 1. The Hall–Kier alpha value is -2.22. The number of nitrogens with one attached hydrogen (secondary N) is 1. The van der Waals surface area contributed by atoms with E-state index in [2.05, 4.69) is 9.82 Å². The molecule has 0 unspecified atom stereocenters. The fraction of sp³-hybridized carbons (Fsp3) is 0.182. The molecule has 0 radical (unpaired) electrons. The molecule has 0 atom stereocenters. The van der Waals surface area contributed by atoms with Crippen molar-refractivity contribution in [3.8, 4) is 5.75 Å². The van der Waals surface area contributed by atoms with Crippen molar-refractivity contribution in [2.75, 3.05) is 17.6 Å². The molecule has 1 aromatic carbocycles. The predicted octanol–water partition coefficient (Wildman–Crippen LogP) is 0.812. The van der Waals surface area contributed by atoms with Gasteiger partial charge in [0.1, 0.15) is 5.75 Å². The van der Waals surface area contributed by atoms with Crippen molar-refractivity contribution in [1.29, 1.82) is 0 Å². The summed E-state index contributed by atoms with van der Waals surface area (Å²) in [4.78, 5) is 0.0717. The number of ether oxygens (including phenoxy) is 1. The molecular formula is C11H14N4O3S. The van der Waals surface area contributed by atoms with E-state index in [4.69, 9.17) is 10.5 Å². The van der Waals surface area contributed by atoms with Gasteiger partial charge in [-0.2, -0.15) is 5.10 Å². The Balaban J connectivity index is 2.34. The van der Waals surface area contributed by atoms with Gasteiger partial charge < -0.3 is 10.5 Å². The zero-order chi connectivity index (χ0) is 14.0. The van der Waals surface area contributed by atoms with E-state index in [0.717, 1.165) is 0 Å². The summed E-state index contributed by atoms with van der Waals surface area (Å²) in [5, 5.41) is 3.89. The number of hydrogen-bond donors (Lipinski definition) is 2. The summed E-state index contributed by atoms with van der Waals surface area (Å²) < 4.78 is 33.2. The van der Waals surface area contributed by atoms with Crippen molar-refractivity contribution in [3.05, 3.63) is 30.6 Å². The van der Waals surface area contributed by atoms with Crippen molar-refractivity contribution < 1.29 is 13.2 Å². The third kappa shape index (κ3) is 2.79. The van der Waals surface area contributed by atoms with Gasteiger partial charge in [0.05, 0.1) is 29.6 Å². The number of benzene rings is 1. The third-order valence-electron chi connectivity index (χ3n) is 2.47. The van der Waals surface area contributed by atoms with Crippen molar-refractivity contribution >= 4 is 21.4 Å². The predicted molar refractivity (Wildman–Crippen MR) is 71.4 cm³/mol. The minimum absolute atomic E-state index is 0.0717. The van der Waals surface area contributed by atoms with E-state index in [1.807, 2.05) is 0 Å². The smallest absolute Gasteiger partial charge is 0.262 e. The van der Waals surface area contributed by atoms with Crippen LogP contribution in [-0.2, 0) is 17.1 Å². The Bertz CT molecular complexity index is 694. The van der Waals surface area contributed by atoms with Crippen molar-refractivity contribution in [2.24, 2.45) is 7.05 Å². The molecule has 2 rings (SSSR count). The SMILES string of the molecule is COc1cc(S(=O)(=O)Nc2cnn(C)c2)ccc1N. The summed E-state index contributed by atoms with van der Waals surface area (Å²) in [6.07, 6.45) is 2.98. The third-order valence-corrected chi connectivity index (χ3v) is 3.85. The molecule has 2 aromatic rings. The molecule has 0 fully saturated rings. The number of hydrogen-bond acceptors (Lipinski definition) is 5. The summed E-state index contributed by atoms with van der Waals surface area (Å²) in [7, 11) is -0.563. The first kappa shape index (κ1) is 13.2. The van der Waals surface area contributed by atoms with E-state index >= 15 is 0 Å². The van der Waals surface area contributed by atoms with Gasteiger partial charge in [0.15, 0.2) is 0 Å². The summed E-state index contributed by atoms with van der Waals surface area (Å²) >= 11 is 0. The molecule has 0 aliphatic heterocycles. The van der Waals surface area contributed by atoms with Crippen LogP contribution in [0.2, 0.25) is 0 Å². The largest absolute Gasteiger partial charge is 0.495 e. The van der Waals surface area contributed by atoms with Crippen LogP contribution >= 0.6 is 0 Å². The molecule has 1 aromatic heterocycles. The van der Waals surface area contributed by atoms with Gasteiger partial charge in [-0.25, -0.2) is 8.42 Å². The van der Waals surface area contributed by atoms with Gasteiger partial charge in [0.25, 0.3) is 10.0 Å². The van der Waals surface area contributed by atoms with E-state index in [0.29, 0.717) is 17.1 Å². The summed E-state index contributed by atoms with van der Waals surface area (Å²) in [6, 6.07) is 4.27. The minimum Gasteiger partial charge on any atom is -0.495 e. The fourth-order valence-electron chi connectivity index (χ4n) is 1.55. The lowest BCUT2D eigenvalue weighted by atomic mass is 10.3. The average Bonchev–Trinajstić information content (AvgIpc) is 2.74. The highest BCUT2D eigenvalue weighted by molar-refractivity contribution is 7.92. The van der Waals surface area contributed by atoms with Crippen LogP contribution in [-0.4, -0.2) is 25.3 Å². The van der Waals surface area contributed by atoms with Crippen LogP contribution in [0.1, 0.15) is 0 Å². The zero-order valence-electron chi connectivity index (χ0n) is 10.5. The number of sulfonamides is 1. The fourth-order valence-corrected chi connectivity index (χ4v) is 2.59. The Morgan fingerprint density at radius 1 is 1.42 bits per heavy atom. The summed E-state index contributed by atoms with van der Waals surface area (Å²) in [6.45, 7) is 0. The van der Waals surface area contributed by atoms with Gasteiger partial charge in [-0.15, -0.1) is 0 Å². The zero-order valence-corrected chi connectivity index (χ0v) is 11.3. The lowest BCUT2D eigenvalue weighted by Gasteiger charge is -2.09. The standard InChI is InChI=1S/C11H14N4O3S/c1-15-7-8(6-13-15)14-19(16,17)9-3-4-10(12)11(5-9)18-2/h3-7,14H,12H2,1-2H3. The second kappa shape index (κ2) is 4.81. The van der Waals surface area contributed by atoms with E-state index in [9.17, 15) is 8.42 Å². The first-order chi connectivity index (χ1) is 8.92. The molecule has 0 saturated carbocycles. The summed E-state index contributed by atoms with van der Waals surface area (Å²) in [5.41, 5.74) is 6.41. The van der Waals surface area contributed by atoms with Crippen LogP contribution in [0, 0.1) is 0 Å². The Kier molecular flexibility index (Phi) is 3.34. The van der Waals surface area contributed by atoms with E-state index in [1.54, 1.807) is 13.2 Å². The van der Waals surface area contributed by atoms with Gasteiger partial charge in [-0.3, -0.25) is 9.40 Å². The van der Waals surface area contributed by atoms with Crippen molar-refractivity contribution in [1.82, 2.24) is 9.78 Å². The topological polar surface area (TPSA) is 99.2 Å². The molecule has 102 valence electrons. The van der Waals surface area contributed by atoms with Crippen LogP contribution in [0.15, 0.2) is 35.5 Å². The molecular weight excluding hydrogens is 268 g/mol. The van der Waals surface area contributed by atoms with E-state index < -0.39 is 10.0 Å². The monoisotopic (exact) mass is 282 g/mol. The highest BCUT2D eigenvalue weighted by Gasteiger charge is 2.16. The molecule has 0 saturated heterocycles.